The zero-order valence-corrected chi connectivity index (χ0v) is 11.1. The summed E-state index contributed by atoms with van der Waals surface area (Å²) in [5.74, 6) is -0.241. The molecule has 2 aromatic rings. The predicted octanol–water partition coefficient (Wildman–Crippen LogP) is 2.43. The Balaban J connectivity index is 1.98. The number of halogens is 1. The van der Waals surface area contributed by atoms with Crippen LogP contribution in [-0.2, 0) is 0 Å². The van der Waals surface area contributed by atoms with Gasteiger partial charge >= 0.3 is 0 Å². The van der Waals surface area contributed by atoms with E-state index in [0.717, 1.165) is 6.42 Å². The van der Waals surface area contributed by atoms with Crippen molar-refractivity contribution in [2.75, 3.05) is 19.7 Å². The highest BCUT2D eigenvalue weighted by atomic mass is 19.1. The smallest absolute Gasteiger partial charge is 0.254 e. The van der Waals surface area contributed by atoms with Crippen LogP contribution in [0.5, 0.6) is 0 Å². The number of hydrogen-bond acceptors (Lipinski definition) is 2. The van der Waals surface area contributed by atoms with Gasteiger partial charge in [-0.3, -0.25) is 4.79 Å². The normalized spacial score (nSPS) is 18.7. The molecule has 0 saturated carbocycles. The molecule has 1 aliphatic rings. The van der Waals surface area contributed by atoms with Crippen LogP contribution in [0.3, 0.4) is 0 Å². The molecule has 1 N–H and O–H groups in total. The third-order valence-corrected chi connectivity index (χ3v) is 3.93. The van der Waals surface area contributed by atoms with Crippen molar-refractivity contribution in [2.24, 2.45) is 5.92 Å². The average molecular weight is 273 g/mol. The van der Waals surface area contributed by atoms with E-state index in [-0.39, 0.29) is 24.2 Å². The van der Waals surface area contributed by atoms with Crippen molar-refractivity contribution in [2.45, 2.75) is 6.42 Å². The van der Waals surface area contributed by atoms with Crippen LogP contribution in [-0.4, -0.2) is 35.6 Å². The van der Waals surface area contributed by atoms with Crippen molar-refractivity contribution in [3.8, 4) is 0 Å². The molecule has 1 aliphatic heterocycles. The van der Waals surface area contributed by atoms with Crippen LogP contribution in [0.4, 0.5) is 4.39 Å². The molecule has 0 spiro atoms. The second-order valence-electron chi connectivity index (χ2n) is 5.23. The van der Waals surface area contributed by atoms with Gasteiger partial charge < -0.3 is 10.0 Å². The Morgan fingerprint density at radius 2 is 2.00 bits per heavy atom. The lowest BCUT2D eigenvalue weighted by atomic mass is 10.0. The van der Waals surface area contributed by atoms with E-state index < -0.39 is 0 Å². The van der Waals surface area contributed by atoms with Crippen LogP contribution < -0.4 is 0 Å². The molecule has 2 aromatic carbocycles. The molecule has 1 amide bonds. The lowest BCUT2D eigenvalue weighted by molar-refractivity contribution is 0.0784. The quantitative estimate of drug-likeness (QED) is 0.913. The van der Waals surface area contributed by atoms with Gasteiger partial charge in [0, 0.05) is 36.6 Å². The van der Waals surface area contributed by atoms with Crippen LogP contribution in [0, 0.1) is 11.7 Å². The fourth-order valence-corrected chi connectivity index (χ4v) is 2.79. The van der Waals surface area contributed by atoms with E-state index in [2.05, 4.69) is 0 Å². The van der Waals surface area contributed by atoms with Crippen LogP contribution in [0.2, 0.25) is 0 Å². The monoisotopic (exact) mass is 273 g/mol. The largest absolute Gasteiger partial charge is 0.396 e. The second-order valence-corrected chi connectivity index (χ2v) is 5.23. The fraction of sp³-hybridized carbons (Fsp3) is 0.312. The number of aliphatic hydroxyl groups excluding tert-OH is 1. The maximum absolute atomic E-state index is 13.8. The third kappa shape index (κ3) is 2.16. The number of rotatable bonds is 2. The summed E-state index contributed by atoms with van der Waals surface area (Å²) in [5, 5.41) is 10.3. The summed E-state index contributed by atoms with van der Waals surface area (Å²) < 4.78 is 13.8. The molecule has 3 rings (SSSR count). The van der Waals surface area contributed by atoms with Gasteiger partial charge in [-0.1, -0.05) is 24.3 Å². The Kier molecular flexibility index (Phi) is 3.40. The molecular formula is C16H16FNO2. The van der Waals surface area contributed by atoms with Crippen molar-refractivity contribution in [3.63, 3.8) is 0 Å². The molecule has 0 radical (unpaired) electrons. The summed E-state index contributed by atoms with van der Waals surface area (Å²) >= 11 is 0. The summed E-state index contributed by atoms with van der Waals surface area (Å²) in [4.78, 5) is 14.3. The molecule has 1 atom stereocenters. The van der Waals surface area contributed by atoms with E-state index in [1.165, 1.54) is 6.07 Å². The number of benzene rings is 2. The highest BCUT2D eigenvalue weighted by Crippen LogP contribution is 2.25. The predicted molar refractivity (Wildman–Crippen MR) is 75.0 cm³/mol. The van der Waals surface area contributed by atoms with Crippen molar-refractivity contribution < 1.29 is 14.3 Å². The topological polar surface area (TPSA) is 40.5 Å². The lowest BCUT2D eigenvalue weighted by Gasteiger charge is -2.17. The molecule has 104 valence electrons. The number of nitrogens with zero attached hydrogens (tertiary/aromatic N) is 1. The number of carbonyl (C=O) groups is 1. The van der Waals surface area contributed by atoms with E-state index in [1.54, 1.807) is 35.2 Å². The van der Waals surface area contributed by atoms with Gasteiger partial charge in [0.1, 0.15) is 5.82 Å². The highest BCUT2D eigenvalue weighted by molar-refractivity contribution is 6.07. The number of aliphatic hydroxyl groups is 1. The van der Waals surface area contributed by atoms with Gasteiger partial charge in [0.05, 0.1) is 0 Å². The third-order valence-electron chi connectivity index (χ3n) is 3.93. The van der Waals surface area contributed by atoms with Gasteiger partial charge in [-0.2, -0.15) is 0 Å². The Labute approximate surface area is 116 Å². The van der Waals surface area contributed by atoms with Gasteiger partial charge in [0.2, 0.25) is 0 Å². The first-order valence-corrected chi connectivity index (χ1v) is 6.78. The number of hydrogen-bond donors (Lipinski definition) is 1. The van der Waals surface area contributed by atoms with Gasteiger partial charge in [0.15, 0.2) is 0 Å². The molecule has 1 saturated heterocycles. The second kappa shape index (κ2) is 5.21. The summed E-state index contributed by atoms with van der Waals surface area (Å²) in [6.07, 6.45) is 0.821. The SMILES string of the molecule is O=C(c1ccc(F)c2ccccc12)N1CCC(CO)C1. The maximum atomic E-state index is 13.8. The molecular weight excluding hydrogens is 257 g/mol. The molecule has 1 heterocycles. The fourth-order valence-electron chi connectivity index (χ4n) is 2.79. The van der Waals surface area contributed by atoms with Crippen LogP contribution in [0.1, 0.15) is 16.8 Å². The molecule has 0 aromatic heterocycles. The molecule has 1 unspecified atom stereocenters. The van der Waals surface area contributed by atoms with Crippen molar-refractivity contribution in [1.82, 2.24) is 4.90 Å². The molecule has 0 bridgehead atoms. The number of carbonyl (C=O) groups excluding carboxylic acids is 1. The van der Waals surface area contributed by atoms with Gasteiger partial charge in [-0.05, 0) is 23.9 Å². The Hall–Kier alpha value is -1.94. The lowest BCUT2D eigenvalue weighted by Crippen LogP contribution is -2.29. The van der Waals surface area contributed by atoms with Crippen molar-refractivity contribution in [1.29, 1.82) is 0 Å². The first-order valence-electron chi connectivity index (χ1n) is 6.78. The van der Waals surface area contributed by atoms with Crippen molar-refractivity contribution in [3.05, 3.63) is 47.8 Å². The average Bonchev–Trinajstić information content (AvgIpc) is 2.96. The zero-order valence-electron chi connectivity index (χ0n) is 11.1. The number of amides is 1. The molecule has 3 nitrogen and oxygen atoms in total. The van der Waals surface area contributed by atoms with Crippen LogP contribution >= 0.6 is 0 Å². The number of fused-ring (bicyclic) bond motifs is 1. The Morgan fingerprint density at radius 3 is 2.70 bits per heavy atom. The van der Waals surface area contributed by atoms with E-state index in [4.69, 9.17) is 5.11 Å². The molecule has 0 aliphatic carbocycles. The minimum absolute atomic E-state index is 0.0860. The summed E-state index contributed by atoms with van der Waals surface area (Å²) in [6, 6.07) is 9.91. The minimum atomic E-state index is -0.313. The number of likely N-dealkylation sites (tertiary alicyclic amines) is 1. The first-order chi connectivity index (χ1) is 9.70. The highest BCUT2D eigenvalue weighted by Gasteiger charge is 2.27. The summed E-state index contributed by atoms with van der Waals surface area (Å²) in [7, 11) is 0. The standard InChI is InChI=1S/C16H16FNO2/c17-15-6-5-14(12-3-1-2-4-13(12)15)16(20)18-8-7-11(9-18)10-19/h1-6,11,19H,7-10H2. The van der Waals surface area contributed by atoms with E-state index in [0.29, 0.717) is 29.4 Å². The van der Waals surface area contributed by atoms with E-state index in [9.17, 15) is 9.18 Å². The minimum Gasteiger partial charge on any atom is -0.396 e. The van der Waals surface area contributed by atoms with Crippen molar-refractivity contribution >= 4 is 16.7 Å². The van der Waals surface area contributed by atoms with Gasteiger partial charge in [0.25, 0.3) is 5.91 Å². The zero-order chi connectivity index (χ0) is 14.1. The molecule has 20 heavy (non-hydrogen) atoms. The maximum Gasteiger partial charge on any atom is 0.254 e. The Morgan fingerprint density at radius 1 is 1.25 bits per heavy atom. The summed E-state index contributed by atoms with van der Waals surface area (Å²) in [6.45, 7) is 1.32. The van der Waals surface area contributed by atoms with Crippen LogP contribution in [0.25, 0.3) is 10.8 Å². The van der Waals surface area contributed by atoms with E-state index >= 15 is 0 Å². The summed E-state index contributed by atoms with van der Waals surface area (Å²) in [5.41, 5.74) is 0.528. The molecule has 4 heteroatoms. The first kappa shape index (κ1) is 13.1. The van der Waals surface area contributed by atoms with E-state index in [1.807, 2.05) is 0 Å². The molecule has 1 fully saturated rings. The van der Waals surface area contributed by atoms with Gasteiger partial charge in [-0.25, -0.2) is 4.39 Å². The Bertz CT molecular complexity index is 656. The van der Waals surface area contributed by atoms with Crippen LogP contribution in [0.15, 0.2) is 36.4 Å². The van der Waals surface area contributed by atoms with Gasteiger partial charge in [-0.15, -0.1) is 0 Å².